The van der Waals surface area contributed by atoms with Crippen LogP contribution < -0.4 is 9.47 Å². The van der Waals surface area contributed by atoms with Crippen molar-refractivity contribution in [1.29, 1.82) is 0 Å². The fraction of sp³-hybridized carbons (Fsp3) is 0.542. The van der Waals surface area contributed by atoms with Gasteiger partial charge in [-0.1, -0.05) is 18.9 Å². The number of fused-ring (bicyclic) bond motifs is 1. The number of aliphatic hydroxyl groups excluding tert-OH is 4. The van der Waals surface area contributed by atoms with Gasteiger partial charge in [0.25, 0.3) is 0 Å². The fourth-order valence-corrected chi connectivity index (χ4v) is 4.80. The van der Waals surface area contributed by atoms with Gasteiger partial charge in [0.1, 0.15) is 41.7 Å². The molecule has 2 aliphatic rings. The normalized spacial score (nSPS) is 28.2. The minimum Gasteiger partial charge on any atom is -0.506 e. The molecule has 1 aliphatic carbocycles. The highest BCUT2D eigenvalue weighted by molar-refractivity contribution is 6.09. The van der Waals surface area contributed by atoms with Gasteiger partial charge in [-0.2, -0.15) is 0 Å². The van der Waals surface area contributed by atoms with E-state index in [-0.39, 0.29) is 34.1 Å². The Morgan fingerprint density at radius 1 is 1.09 bits per heavy atom. The second kappa shape index (κ2) is 9.44. The Morgan fingerprint density at radius 2 is 1.79 bits per heavy atom. The summed E-state index contributed by atoms with van der Waals surface area (Å²) in [4.78, 5) is 13.2. The first-order chi connectivity index (χ1) is 15.8. The largest absolute Gasteiger partial charge is 0.506 e. The van der Waals surface area contributed by atoms with Crippen molar-refractivity contribution in [2.45, 2.75) is 63.3 Å². The summed E-state index contributed by atoms with van der Waals surface area (Å²) in [6, 6.07) is 4.93. The molecule has 4 rings (SSSR count). The molecule has 2 aromatic carbocycles. The number of methoxy groups -OCH3 is 1. The van der Waals surface area contributed by atoms with Crippen LogP contribution in [0.2, 0.25) is 0 Å². The second-order valence-electron chi connectivity index (χ2n) is 8.80. The molecule has 0 amide bonds. The number of hydrogen-bond acceptors (Lipinski definition) is 9. The van der Waals surface area contributed by atoms with Gasteiger partial charge in [-0.3, -0.25) is 4.79 Å². The number of aromatic hydroxyl groups is 1. The van der Waals surface area contributed by atoms with Crippen LogP contribution in [0, 0.1) is 12.8 Å². The number of aliphatic hydroxyl groups is 4. The van der Waals surface area contributed by atoms with E-state index < -0.39 is 37.3 Å². The summed E-state index contributed by atoms with van der Waals surface area (Å²) in [6.45, 7) is 1.16. The molecule has 1 heterocycles. The highest BCUT2D eigenvalue weighted by Gasteiger charge is 2.45. The van der Waals surface area contributed by atoms with Gasteiger partial charge in [-0.25, -0.2) is 0 Å². The molecule has 1 aliphatic heterocycles. The average Bonchev–Trinajstić information content (AvgIpc) is 3.33. The van der Waals surface area contributed by atoms with Gasteiger partial charge >= 0.3 is 0 Å². The number of ketones is 1. The molecule has 180 valence electrons. The third-order valence-corrected chi connectivity index (χ3v) is 6.65. The molecule has 0 aromatic heterocycles. The Kier molecular flexibility index (Phi) is 6.78. The molecule has 9 heteroatoms. The first-order valence-corrected chi connectivity index (χ1v) is 11.1. The van der Waals surface area contributed by atoms with E-state index in [9.17, 15) is 30.3 Å². The molecule has 1 saturated heterocycles. The van der Waals surface area contributed by atoms with E-state index in [1.807, 2.05) is 0 Å². The van der Waals surface area contributed by atoms with Crippen LogP contribution >= 0.6 is 0 Å². The first kappa shape index (κ1) is 23.7. The van der Waals surface area contributed by atoms with Gasteiger partial charge in [0, 0.05) is 12.0 Å². The van der Waals surface area contributed by atoms with Crippen molar-refractivity contribution in [1.82, 2.24) is 0 Å². The number of benzene rings is 2. The van der Waals surface area contributed by atoms with E-state index in [1.165, 1.54) is 13.2 Å². The van der Waals surface area contributed by atoms with Crippen LogP contribution in [-0.4, -0.2) is 75.7 Å². The lowest BCUT2D eigenvalue weighted by Crippen LogP contribution is -2.60. The lowest BCUT2D eigenvalue weighted by Gasteiger charge is -2.39. The van der Waals surface area contributed by atoms with E-state index >= 15 is 0 Å². The second-order valence-corrected chi connectivity index (χ2v) is 8.80. The summed E-state index contributed by atoms with van der Waals surface area (Å²) in [6.07, 6.45) is -3.85. The minimum atomic E-state index is -1.63. The topological polar surface area (TPSA) is 146 Å². The number of aryl methyl sites for hydroxylation is 1. The van der Waals surface area contributed by atoms with Crippen molar-refractivity contribution in [3.63, 3.8) is 0 Å². The van der Waals surface area contributed by atoms with E-state index in [0.717, 1.165) is 25.7 Å². The summed E-state index contributed by atoms with van der Waals surface area (Å²) in [5.41, 5.74) is 0.863. The zero-order chi connectivity index (χ0) is 23.9. The number of carbonyl (C=O) groups is 1. The number of phenolic OH excluding ortho intramolecular Hbond substituents is 1. The molecule has 9 nitrogen and oxygen atoms in total. The van der Waals surface area contributed by atoms with Gasteiger partial charge < -0.3 is 39.7 Å². The van der Waals surface area contributed by atoms with Crippen molar-refractivity contribution >= 4 is 16.6 Å². The van der Waals surface area contributed by atoms with Crippen LogP contribution in [0.1, 0.15) is 41.6 Å². The molecule has 0 spiro atoms. The standard InChI is InChI=1S/C24H30O9/c1-11-7-13-8-14(31-2)9-15(32-24-23(30)22(29)20(27)16(10-25)33-24)18(13)21(28)17(11)19(26)12-5-3-4-6-12/h7-9,12,16,20,22-25,27-30H,3-6,10H2,1-2H3/t16-,20-,22+,23-,24-/m1/s1. The average molecular weight is 462 g/mol. The number of hydrogen-bond donors (Lipinski definition) is 5. The smallest absolute Gasteiger partial charge is 0.229 e. The Hall–Kier alpha value is -2.43. The molecular formula is C24H30O9. The van der Waals surface area contributed by atoms with E-state index in [0.29, 0.717) is 16.7 Å². The van der Waals surface area contributed by atoms with Crippen LogP contribution in [0.5, 0.6) is 17.2 Å². The molecule has 5 N–H and O–H groups in total. The predicted molar refractivity (Wildman–Crippen MR) is 118 cm³/mol. The van der Waals surface area contributed by atoms with Crippen molar-refractivity contribution in [3.05, 3.63) is 29.3 Å². The molecule has 2 aromatic rings. The Morgan fingerprint density at radius 3 is 2.42 bits per heavy atom. The summed E-state index contributed by atoms with van der Waals surface area (Å²) in [5.74, 6) is -0.0225. The van der Waals surface area contributed by atoms with Gasteiger partial charge in [-0.15, -0.1) is 0 Å². The number of Topliss-reactive ketones (excluding diaryl/α,β-unsaturated/α-hetero) is 1. The van der Waals surface area contributed by atoms with Gasteiger partial charge in [0.05, 0.1) is 24.7 Å². The van der Waals surface area contributed by atoms with E-state index in [2.05, 4.69) is 0 Å². The highest BCUT2D eigenvalue weighted by atomic mass is 16.7. The number of ether oxygens (including phenoxy) is 3. The quantitative estimate of drug-likeness (QED) is 0.402. The van der Waals surface area contributed by atoms with Crippen molar-refractivity contribution in [2.24, 2.45) is 5.92 Å². The monoisotopic (exact) mass is 462 g/mol. The third-order valence-electron chi connectivity index (χ3n) is 6.65. The summed E-state index contributed by atoms with van der Waals surface area (Å²) in [7, 11) is 1.46. The third kappa shape index (κ3) is 4.27. The highest BCUT2D eigenvalue weighted by Crippen LogP contribution is 2.43. The van der Waals surface area contributed by atoms with Gasteiger partial charge in [0.15, 0.2) is 5.78 Å². The maximum atomic E-state index is 13.2. The van der Waals surface area contributed by atoms with Crippen LogP contribution in [-0.2, 0) is 4.74 Å². The number of phenols is 1. The van der Waals surface area contributed by atoms with Crippen molar-refractivity contribution in [3.8, 4) is 17.2 Å². The summed E-state index contributed by atoms with van der Waals surface area (Å²) < 4.78 is 16.6. The Bertz CT molecular complexity index is 1030. The molecular weight excluding hydrogens is 432 g/mol. The van der Waals surface area contributed by atoms with Crippen molar-refractivity contribution in [2.75, 3.05) is 13.7 Å². The molecule has 33 heavy (non-hydrogen) atoms. The Labute approximate surface area is 191 Å². The summed E-state index contributed by atoms with van der Waals surface area (Å²) in [5, 5.41) is 52.0. The van der Waals surface area contributed by atoms with E-state index in [4.69, 9.17) is 14.2 Å². The first-order valence-electron chi connectivity index (χ1n) is 11.1. The van der Waals surface area contributed by atoms with Crippen LogP contribution in [0.25, 0.3) is 10.8 Å². The SMILES string of the molecule is COc1cc(O[C@@H]2O[C@H](CO)[C@@H](O)[C@H](O)[C@H]2O)c2c(O)c(C(=O)C3CCCC3)c(C)cc2c1. The van der Waals surface area contributed by atoms with Crippen LogP contribution in [0.3, 0.4) is 0 Å². The maximum absolute atomic E-state index is 13.2. The Balaban J connectivity index is 1.80. The van der Waals surface area contributed by atoms with Gasteiger partial charge in [0.2, 0.25) is 6.29 Å². The fourth-order valence-electron chi connectivity index (χ4n) is 4.80. The lowest BCUT2D eigenvalue weighted by molar-refractivity contribution is -0.277. The van der Waals surface area contributed by atoms with Crippen LogP contribution in [0.15, 0.2) is 18.2 Å². The molecule has 1 saturated carbocycles. The molecule has 0 bridgehead atoms. The maximum Gasteiger partial charge on any atom is 0.229 e. The van der Waals surface area contributed by atoms with Gasteiger partial charge in [-0.05, 0) is 36.8 Å². The number of rotatable bonds is 6. The molecule has 0 radical (unpaired) electrons. The minimum absolute atomic E-state index is 0.0617. The lowest BCUT2D eigenvalue weighted by atomic mass is 9.90. The van der Waals surface area contributed by atoms with E-state index in [1.54, 1.807) is 19.1 Å². The summed E-state index contributed by atoms with van der Waals surface area (Å²) >= 11 is 0. The molecule has 0 unspecified atom stereocenters. The molecule has 2 fully saturated rings. The molecule has 5 atom stereocenters. The zero-order valence-corrected chi connectivity index (χ0v) is 18.6. The number of carbonyl (C=O) groups excluding carboxylic acids is 1. The predicted octanol–water partition coefficient (Wildman–Crippen LogP) is 1.41. The van der Waals surface area contributed by atoms with Crippen molar-refractivity contribution < 1.29 is 44.5 Å². The van der Waals surface area contributed by atoms with Crippen LogP contribution in [0.4, 0.5) is 0 Å². The zero-order valence-electron chi connectivity index (χ0n) is 18.6.